The predicted molar refractivity (Wildman–Crippen MR) is 71.6 cm³/mol. The Morgan fingerprint density at radius 2 is 2.24 bits per heavy atom. The average Bonchev–Trinajstić information content (AvgIpc) is 2.81. The summed E-state index contributed by atoms with van der Waals surface area (Å²) in [5, 5.41) is 0.725. The lowest BCUT2D eigenvalue weighted by atomic mass is 10.0. The van der Waals surface area contributed by atoms with E-state index in [4.69, 9.17) is 21.9 Å². The number of nitrogens with one attached hydrogen (secondary N) is 1. The number of benzene rings is 1. The lowest BCUT2D eigenvalue weighted by Gasteiger charge is -2.15. The van der Waals surface area contributed by atoms with Crippen molar-refractivity contribution in [3.8, 4) is 0 Å². The smallest absolute Gasteiger partial charge is 0.0950 e. The summed E-state index contributed by atoms with van der Waals surface area (Å²) < 4.78 is 6.01. The third-order valence-electron chi connectivity index (χ3n) is 2.59. The Kier molecular flexibility index (Phi) is 4.23. The van der Waals surface area contributed by atoms with Crippen LogP contribution in [0.5, 0.6) is 0 Å². The van der Waals surface area contributed by atoms with Gasteiger partial charge >= 0.3 is 0 Å². The minimum Gasteiger partial charge on any atom is -0.472 e. The molecule has 3 N–H and O–H groups in total. The molecule has 1 unspecified atom stereocenters. The molecule has 0 bridgehead atoms. The van der Waals surface area contributed by atoms with Crippen LogP contribution in [0, 0.1) is 0 Å². The number of hydrogen-bond acceptors (Lipinski definition) is 3. The van der Waals surface area contributed by atoms with Crippen LogP contribution < -0.4 is 11.3 Å². The van der Waals surface area contributed by atoms with Crippen LogP contribution in [0.1, 0.15) is 17.2 Å². The minimum absolute atomic E-state index is 0.00701. The minimum atomic E-state index is -0.00701. The van der Waals surface area contributed by atoms with Crippen LogP contribution in [0.4, 0.5) is 0 Å². The van der Waals surface area contributed by atoms with E-state index in [2.05, 4.69) is 21.4 Å². The van der Waals surface area contributed by atoms with E-state index < -0.39 is 0 Å². The van der Waals surface area contributed by atoms with Gasteiger partial charge in [0.2, 0.25) is 0 Å². The molecular weight excluding hydrogens is 304 g/mol. The van der Waals surface area contributed by atoms with Crippen LogP contribution in [0.25, 0.3) is 0 Å². The second-order valence-corrected chi connectivity index (χ2v) is 5.04. The van der Waals surface area contributed by atoms with Gasteiger partial charge in [-0.1, -0.05) is 33.6 Å². The van der Waals surface area contributed by atoms with E-state index in [0.29, 0.717) is 6.42 Å². The molecule has 5 heteroatoms. The van der Waals surface area contributed by atoms with Crippen LogP contribution in [0.15, 0.2) is 45.7 Å². The fourth-order valence-corrected chi connectivity index (χ4v) is 2.40. The van der Waals surface area contributed by atoms with Gasteiger partial charge in [-0.2, -0.15) is 0 Å². The fourth-order valence-electron chi connectivity index (χ4n) is 1.65. The van der Waals surface area contributed by atoms with Crippen molar-refractivity contribution >= 4 is 27.5 Å². The second kappa shape index (κ2) is 5.69. The predicted octanol–water partition coefficient (Wildman–Crippen LogP) is 3.44. The molecule has 90 valence electrons. The molecular formula is C12H12BrClN2O. The van der Waals surface area contributed by atoms with Crippen LogP contribution in [0.3, 0.4) is 0 Å². The maximum atomic E-state index is 6.17. The molecule has 2 aromatic rings. The Bertz CT molecular complexity index is 487. The number of hydrogen-bond donors (Lipinski definition) is 2. The van der Waals surface area contributed by atoms with Gasteiger partial charge < -0.3 is 4.42 Å². The van der Waals surface area contributed by atoms with Crippen molar-refractivity contribution in [2.24, 2.45) is 5.84 Å². The first-order chi connectivity index (χ1) is 8.20. The van der Waals surface area contributed by atoms with E-state index in [1.54, 1.807) is 12.5 Å². The Balaban J connectivity index is 2.19. The number of nitrogens with two attached hydrogens (primary N) is 1. The molecule has 0 saturated heterocycles. The first kappa shape index (κ1) is 12.6. The quantitative estimate of drug-likeness (QED) is 0.671. The maximum Gasteiger partial charge on any atom is 0.0950 e. The van der Waals surface area contributed by atoms with Crippen molar-refractivity contribution < 1.29 is 4.42 Å². The van der Waals surface area contributed by atoms with Gasteiger partial charge in [-0.25, -0.2) is 0 Å². The topological polar surface area (TPSA) is 51.2 Å². The second-order valence-electron chi connectivity index (χ2n) is 3.72. The zero-order valence-corrected chi connectivity index (χ0v) is 11.3. The summed E-state index contributed by atoms with van der Waals surface area (Å²) in [6.45, 7) is 0. The molecule has 1 aromatic heterocycles. The summed E-state index contributed by atoms with van der Waals surface area (Å²) in [7, 11) is 0. The van der Waals surface area contributed by atoms with Crippen molar-refractivity contribution in [1.29, 1.82) is 0 Å². The van der Waals surface area contributed by atoms with Crippen LogP contribution >= 0.6 is 27.5 Å². The molecule has 0 aliphatic heterocycles. The highest BCUT2D eigenvalue weighted by Crippen LogP contribution is 2.26. The fraction of sp³-hybridized carbons (Fsp3) is 0.167. The summed E-state index contributed by atoms with van der Waals surface area (Å²) in [4.78, 5) is 0. The van der Waals surface area contributed by atoms with E-state index in [-0.39, 0.29) is 6.04 Å². The number of rotatable bonds is 4. The monoisotopic (exact) mass is 314 g/mol. The van der Waals surface area contributed by atoms with Crippen molar-refractivity contribution in [2.75, 3.05) is 0 Å². The molecule has 3 nitrogen and oxygen atoms in total. The Hall–Kier alpha value is -0.810. The average molecular weight is 316 g/mol. The standard InChI is InChI=1S/C12H12BrClN2O/c13-10-2-1-8(11(14)6-10)5-12(16-15)9-3-4-17-7-9/h1-4,6-7,12,16H,5,15H2. The lowest BCUT2D eigenvalue weighted by molar-refractivity contribution is 0.525. The molecule has 0 radical (unpaired) electrons. The van der Waals surface area contributed by atoms with Crippen LogP contribution in [0.2, 0.25) is 5.02 Å². The first-order valence-corrected chi connectivity index (χ1v) is 6.30. The van der Waals surface area contributed by atoms with Gasteiger partial charge in [-0.3, -0.25) is 11.3 Å². The Labute approximate surface area is 113 Å². The van der Waals surface area contributed by atoms with Gasteiger partial charge in [0, 0.05) is 15.1 Å². The van der Waals surface area contributed by atoms with E-state index in [1.807, 2.05) is 24.3 Å². The first-order valence-electron chi connectivity index (χ1n) is 5.13. The van der Waals surface area contributed by atoms with Crippen LogP contribution in [-0.4, -0.2) is 0 Å². The molecule has 0 saturated carbocycles. The zero-order chi connectivity index (χ0) is 12.3. The Morgan fingerprint density at radius 1 is 1.41 bits per heavy atom. The summed E-state index contributed by atoms with van der Waals surface area (Å²) >= 11 is 9.55. The summed E-state index contributed by atoms with van der Waals surface area (Å²) in [6.07, 6.45) is 4.02. The molecule has 0 amide bonds. The maximum absolute atomic E-state index is 6.17. The molecule has 1 heterocycles. The van der Waals surface area contributed by atoms with Gasteiger partial charge in [0.15, 0.2) is 0 Å². The molecule has 1 atom stereocenters. The van der Waals surface area contributed by atoms with Crippen molar-refractivity contribution in [3.63, 3.8) is 0 Å². The van der Waals surface area contributed by atoms with Crippen molar-refractivity contribution in [3.05, 3.63) is 57.4 Å². The highest BCUT2D eigenvalue weighted by molar-refractivity contribution is 9.10. The summed E-state index contributed by atoms with van der Waals surface area (Å²) in [5.41, 5.74) is 4.81. The number of furan rings is 1. The van der Waals surface area contributed by atoms with Crippen molar-refractivity contribution in [1.82, 2.24) is 5.43 Å². The molecule has 2 rings (SSSR count). The number of hydrazine groups is 1. The van der Waals surface area contributed by atoms with Crippen molar-refractivity contribution in [2.45, 2.75) is 12.5 Å². The zero-order valence-electron chi connectivity index (χ0n) is 8.99. The molecule has 0 aliphatic carbocycles. The third-order valence-corrected chi connectivity index (χ3v) is 3.43. The number of halogens is 2. The van der Waals surface area contributed by atoms with Gasteiger partial charge in [0.1, 0.15) is 0 Å². The normalized spacial score (nSPS) is 12.6. The Morgan fingerprint density at radius 3 is 2.82 bits per heavy atom. The SMILES string of the molecule is NNC(Cc1ccc(Br)cc1Cl)c1ccoc1. The van der Waals surface area contributed by atoms with Crippen LogP contribution in [-0.2, 0) is 6.42 Å². The molecule has 0 aliphatic rings. The lowest BCUT2D eigenvalue weighted by Crippen LogP contribution is -2.29. The highest BCUT2D eigenvalue weighted by atomic mass is 79.9. The van der Waals surface area contributed by atoms with Gasteiger partial charge in [0.05, 0.1) is 18.6 Å². The van der Waals surface area contributed by atoms with Gasteiger partial charge in [-0.15, -0.1) is 0 Å². The highest BCUT2D eigenvalue weighted by Gasteiger charge is 2.13. The van der Waals surface area contributed by atoms with E-state index in [9.17, 15) is 0 Å². The largest absolute Gasteiger partial charge is 0.472 e. The molecule has 0 spiro atoms. The van der Waals surface area contributed by atoms with E-state index in [0.717, 1.165) is 20.6 Å². The van der Waals surface area contributed by atoms with Gasteiger partial charge in [-0.05, 0) is 30.2 Å². The molecule has 0 fully saturated rings. The van der Waals surface area contributed by atoms with E-state index >= 15 is 0 Å². The van der Waals surface area contributed by atoms with E-state index in [1.165, 1.54) is 0 Å². The summed E-state index contributed by atoms with van der Waals surface area (Å²) in [6, 6.07) is 7.70. The van der Waals surface area contributed by atoms with Gasteiger partial charge in [0.25, 0.3) is 0 Å². The summed E-state index contributed by atoms with van der Waals surface area (Å²) in [5.74, 6) is 5.55. The third kappa shape index (κ3) is 3.10. The molecule has 1 aromatic carbocycles. The molecule has 17 heavy (non-hydrogen) atoms.